The van der Waals surface area contributed by atoms with Gasteiger partial charge in [-0.25, -0.2) is 0 Å². The van der Waals surface area contributed by atoms with E-state index < -0.39 is 22.2 Å². The van der Waals surface area contributed by atoms with Crippen molar-refractivity contribution < 1.29 is 22.8 Å². The third kappa shape index (κ3) is 4.34. The van der Waals surface area contributed by atoms with Gasteiger partial charge in [0.25, 0.3) is 11.2 Å². The Labute approximate surface area is 134 Å². The molecule has 0 fully saturated rings. The van der Waals surface area contributed by atoms with Crippen LogP contribution in [0.5, 0.6) is 5.75 Å². The molecule has 0 amide bonds. The fourth-order valence-corrected chi connectivity index (χ4v) is 2.02. The summed E-state index contributed by atoms with van der Waals surface area (Å²) in [5.41, 5.74) is -2.38. The molecule has 0 aliphatic rings. The molecule has 0 unspecified atom stereocenters. The zero-order chi connectivity index (χ0) is 17.7. The number of halogens is 3. The van der Waals surface area contributed by atoms with E-state index in [1.165, 1.54) is 36.5 Å². The van der Waals surface area contributed by atoms with Crippen LogP contribution in [-0.4, -0.2) is 16.1 Å². The third-order valence-corrected chi connectivity index (χ3v) is 3.19. The molecule has 0 aliphatic carbocycles. The topological polar surface area (TPSA) is 74.4 Å². The van der Waals surface area contributed by atoms with Crippen molar-refractivity contribution in [2.24, 2.45) is 0 Å². The molecule has 1 heterocycles. The molecule has 0 aliphatic heterocycles. The van der Waals surface area contributed by atoms with E-state index in [1.807, 2.05) is 0 Å². The summed E-state index contributed by atoms with van der Waals surface area (Å²) in [6, 6.07) is 7.33. The number of nitro groups is 1. The first-order valence-electron chi connectivity index (χ1n) is 6.93. The van der Waals surface area contributed by atoms with Gasteiger partial charge >= 0.3 is 6.18 Å². The largest absolute Gasteiger partial charge is 0.494 e. The standard InChI is InChI=1S/C15H13F3N2O4/c16-15(17,18)13-3-1-8-19(14(13)21)9-2-10-24-12-6-4-11(5-7-12)20(22)23/h1,3-8H,2,9-10H2. The van der Waals surface area contributed by atoms with E-state index in [4.69, 9.17) is 4.74 Å². The highest BCUT2D eigenvalue weighted by molar-refractivity contribution is 5.35. The number of nitrogens with zero attached hydrogens (tertiary/aromatic N) is 2. The van der Waals surface area contributed by atoms with Crippen LogP contribution in [0.1, 0.15) is 12.0 Å². The van der Waals surface area contributed by atoms with Crippen LogP contribution in [0.3, 0.4) is 0 Å². The van der Waals surface area contributed by atoms with Crippen molar-refractivity contribution in [3.63, 3.8) is 0 Å². The minimum Gasteiger partial charge on any atom is -0.494 e. The average Bonchev–Trinajstić information content (AvgIpc) is 2.52. The molecule has 2 aromatic rings. The first-order chi connectivity index (χ1) is 11.3. The summed E-state index contributed by atoms with van der Waals surface area (Å²) in [6.07, 6.45) is -3.10. The molecule has 0 N–H and O–H groups in total. The van der Waals surface area contributed by atoms with Gasteiger partial charge in [-0.3, -0.25) is 14.9 Å². The van der Waals surface area contributed by atoms with Crippen LogP contribution in [0.4, 0.5) is 18.9 Å². The van der Waals surface area contributed by atoms with Gasteiger partial charge in [-0.1, -0.05) is 0 Å². The van der Waals surface area contributed by atoms with E-state index >= 15 is 0 Å². The van der Waals surface area contributed by atoms with Crippen molar-refractivity contribution in [1.82, 2.24) is 4.57 Å². The molecular weight excluding hydrogens is 329 g/mol. The zero-order valence-corrected chi connectivity index (χ0v) is 12.3. The molecular formula is C15H13F3N2O4. The SMILES string of the molecule is O=c1c(C(F)(F)F)cccn1CCCOc1ccc([N+](=O)[O-])cc1. The van der Waals surface area contributed by atoms with E-state index in [2.05, 4.69) is 0 Å². The van der Waals surface area contributed by atoms with Crippen LogP contribution in [0, 0.1) is 10.1 Å². The third-order valence-electron chi connectivity index (χ3n) is 3.19. The normalized spacial score (nSPS) is 11.3. The van der Waals surface area contributed by atoms with Crippen molar-refractivity contribution in [2.75, 3.05) is 6.61 Å². The zero-order valence-electron chi connectivity index (χ0n) is 12.3. The maximum Gasteiger partial charge on any atom is 0.421 e. The van der Waals surface area contributed by atoms with Gasteiger partial charge in [-0.05, 0) is 30.7 Å². The molecule has 0 spiro atoms. The number of nitro benzene ring substituents is 1. The second-order valence-corrected chi connectivity index (χ2v) is 4.87. The lowest BCUT2D eigenvalue weighted by atomic mass is 10.2. The second-order valence-electron chi connectivity index (χ2n) is 4.87. The number of hydrogen-bond donors (Lipinski definition) is 0. The second kappa shape index (κ2) is 7.16. The number of rotatable bonds is 6. The molecule has 0 atom stereocenters. The fourth-order valence-electron chi connectivity index (χ4n) is 2.02. The number of hydrogen-bond acceptors (Lipinski definition) is 4. The van der Waals surface area contributed by atoms with Gasteiger partial charge < -0.3 is 9.30 Å². The van der Waals surface area contributed by atoms with Crippen LogP contribution < -0.4 is 10.3 Å². The molecule has 1 aromatic carbocycles. The summed E-state index contributed by atoms with van der Waals surface area (Å²) in [4.78, 5) is 21.7. The van der Waals surface area contributed by atoms with Crippen molar-refractivity contribution in [2.45, 2.75) is 19.1 Å². The summed E-state index contributed by atoms with van der Waals surface area (Å²) in [6.45, 7) is 0.218. The van der Waals surface area contributed by atoms with E-state index in [1.54, 1.807) is 0 Å². The summed E-state index contributed by atoms with van der Waals surface area (Å²) >= 11 is 0. The number of non-ortho nitro benzene ring substituents is 1. The van der Waals surface area contributed by atoms with Crippen LogP contribution in [0.2, 0.25) is 0 Å². The van der Waals surface area contributed by atoms with Crippen molar-refractivity contribution >= 4 is 5.69 Å². The van der Waals surface area contributed by atoms with Crippen LogP contribution in [-0.2, 0) is 12.7 Å². The first-order valence-corrected chi connectivity index (χ1v) is 6.93. The molecule has 0 bridgehead atoms. The molecule has 1 aromatic heterocycles. The molecule has 128 valence electrons. The summed E-state index contributed by atoms with van der Waals surface area (Å²) in [5.74, 6) is 0.400. The summed E-state index contributed by atoms with van der Waals surface area (Å²) in [5, 5.41) is 10.5. The van der Waals surface area contributed by atoms with Gasteiger partial charge in [0.2, 0.25) is 0 Å². The molecule has 24 heavy (non-hydrogen) atoms. The van der Waals surface area contributed by atoms with Crippen LogP contribution in [0.15, 0.2) is 47.4 Å². The van der Waals surface area contributed by atoms with Crippen LogP contribution in [0.25, 0.3) is 0 Å². The average molecular weight is 342 g/mol. The molecule has 0 saturated heterocycles. The Morgan fingerprint density at radius 3 is 2.42 bits per heavy atom. The number of pyridine rings is 1. The Hall–Kier alpha value is -2.84. The van der Waals surface area contributed by atoms with Crippen molar-refractivity contribution in [3.8, 4) is 5.75 Å². The fraction of sp³-hybridized carbons (Fsp3) is 0.267. The number of benzene rings is 1. The maximum atomic E-state index is 12.6. The summed E-state index contributed by atoms with van der Waals surface area (Å²) < 4.78 is 44.2. The van der Waals surface area contributed by atoms with Gasteiger partial charge in [0.1, 0.15) is 11.3 Å². The predicted octanol–water partition coefficient (Wildman–Crippen LogP) is 3.24. The molecule has 9 heteroatoms. The monoisotopic (exact) mass is 342 g/mol. The van der Waals surface area contributed by atoms with Gasteiger partial charge in [-0.2, -0.15) is 13.2 Å². The van der Waals surface area contributed by atoms with Crippen molar-refractivity contribution in [1.29, 1.82) is 0 Å². The van der Waals surface area contributed by atoms with E-state index in [9.17, 15) is 28.1 Å². The van der Waals surface area contributed by atoms with Gasteiger partial charge in [-0.15, -0.1) is 0 Å². The Bertz CT molecular complexity index is 770. The predicted molar refractivity (Wildman–Crippen MR) is 78.9 cm³/mol. The smallest absolute Gasteiger partial charge is 0.421 e. The molecule has 0 radical (unpaired) electrons. The quantitative estimate of drug-likeness (QED) is 0.459. The Morgan fingerprint density at radius 1 is 1.17 bits per heavy atom. The van der Waals surface area contributed by atoms with Gasteiger partial charge in [0.15, 0.2) is 0 Å². The number of aryl methyl sites for hydroxylation is 1. The highest BCUT2D eigenvalue weighted by atomic mass is 19.4. The highest BCUT2D eigenvalue weighted by Gasteiger charge is 2.34. The minimum absolute atomic E-state index is 0.0652. The van der Waals surface area contributed by atoms with Gasteiger partial charge in [0.05, 0.1) is 11.5 Å². The Morgan fingerprint density at radius 2 is 1.83 bits per heavy atom. The van der Waals surface area contributed by atoms with E-state index in [-0.39, 0.29) is 18.8 Å². The number of alkyl halides is 3. The van der Waals surface area contributed by atoms with Crippen molar-refractivity contribution in [3.05, 3.63) is 68.6 Å². The number of ether oxygens (including phenoxy) is 1. The molecule has 2 rings (SSSR count). The van der Waals surface area contributed by atoms with Crippen LogP contribution >= 0.6 is 0 Å². The lowest BCUT2D eigenvalue weighted by Gasteiger charge is -2.10. The lowest BCUT2D eigenvalue weighted by Crippen LogP contribution is -2.28. The van der Waals surface area contributed by atoms with E-state index in [0.717, 1.165) is 10.6 Å². The molecule has 6 nitrogen and oxygen atoms in total. The Kier molecular flexibility index (Phi) is 5.22. The lowest BCUT2D eigenvalue weighted by molar-refractivity contribution is -0.384. The summed E-state index contributed by atoms with van der Waals surface area (Å²) in [7, 11) is 0. The maximum absolute atomic E-state index is 12.6. The Balaban J connectivity index is 1.91. The van der Waals surface area contributed by atoms with Gasteiger partial charge in [0, 0.05) is 24.9 Å². The molecule has 0 saturated carbocycles. The minimum atomic E-state index is -4.69. The van der Waals surface area contributed by atoms with E-state index in [0.29, 0.717) is 12.2 Å². The first kappa shape index (κ1) is 17.5. The highest BCUT2D eigenvalue weighted by Crippen LogP contribution is 2.26. The number of aromatic nitrogens is 1.